The number of nitrogens with zero attached hydrogens (tertiary/aromatic N) is 4. The lowest BCUT2D eigenvalue weighted by atomic mass is 10.1. The zero-order chi connectivity index (χ0) is 21.5. The van der Waals surface area contributed by atoms with Crippen LogP contribution in [0.4, 0.5) is 11.6 Å². The molecule has 8 nitrogen and oxygen atoms in total. The van der Waals surface area contributed by atoms with E-state index in [0.29, 0.717) is 29.0 Å². The van der Waals surface area contributed by atoms with E-state index in [9.17, 15) is 4.79 Å². The summed E-state index contributed by atoms with van der Waals surface area (Å²) in [5, 5.41) is 5.77. The van der Waals surface area contributed by atoms with Crippen LogP contribution >= 0.6 is 0 Å². The average molecular weight is 412 g/mol. The van der Waals surface area contributed by atoms with Crippen molar-refractivity contribution >= 4 is 17.5 Å². The number of hydrogen-bond donors (Lipinski definition) is 2. The summed E-state index contributed by atoms with van der Waals surface area (Å²) < 4.78 is 5.99. The summed E-state index contributed by atoms with van der Waals surface area (Å²) in [7, 11) is 1.76. The fraction of sp³-hybridized carbons (Fsp3) is 0.0870. The van der Waals surface area contributed by atoms with Gasteiger partial charge in [-0.05, 0) is 48.0 Å². The van der Waals surface area contributed by atoms with Gasteiger partial charge in [-0.1, -0.05) is 12.1 Å². The van der Waals surface area contributed by atoms with Crippen molar-refractivity contribution in [1.29, 1.82) is 0 Å². The molecule has 154 valence electrons. The van der Waals surface area contributed by atoms with Gasteiger partial charge in [0.1, 0.15) is 5.75 Å². The van der Waals surface area contributed by atoms with Gasteiger partial charge >= 0.3 is 0 Å². The number of nitrogens with one attached hydrogen (secondary N) is 2. The average Bonchev–Trinajstić information content (AvgIpc) is 2.81. The molecule has 1 amide bonds. The first-order chi connectivity index (χ1) is 15.2. The lowest BCUT2D eigenvalue weighted by molar-refractivity contribution is -0.115. The van der Waals surface area contributed by atoms with Gasteiger partial charge in [0.2, 0.25) is 17.7 Å². The van der Waals surface area contributed by atoms with Crippen LogP contribution in [0.2, 0.25) is 0 Å². The highest BCUT2D eigenvalue weighted by molar-refractivity contribution is 5.92. The molecule has 0 aliphatic carbocycles. The summed E-state index contributed by atoms with van der Waals surface area (Å²) in [5.74, 6) is 1.46. The van der Waals surface area contributed by atoms with Crippen LogP contribution in [0.15, 0.2) is 79.4 Å². The Balaban J connectivity index is 1.45. The largest absolute Gasteiger partial charge is 0.438 e. The number of anilines is 2. The molecule has 4 rings (SSSR count). The molecule has 0 radical (unpaired) electrons. The lowest BCUT2D eigenvalue weighted by Gasteiger charge is -2.11. The molecule has 3 aromatic heterocycles. The van der Waals surface area contributed by atoms with Crippen LogP contribution in [-0.2, 0) is 11.2 Å². The molecule has 3 heterocycles. The van der Waals surface area contributed by atoms with Crippen LogP contribution in [-0.4, -0.2) is 32.9 Å². The third kappa shape index (κ3) is 5.18. The number of carbonyl (C=O) groups excluding carboxylic acids is 1. The van der Waals surface area contributed by atoms with Gasteiger partial charge < -0.3 is 15.4 Å². The molecule has 8 heteroatoms. The van der Waals surface area contributed by atoms with E-state index in [-0.39, 0.29) is 12.3 Å². The van der Waals surface area contributed by atoms with Gasteiger partial charge in [0, 0.05) is 37.5 Å². The predicted octanol–water partition coefficient (Wildman–Crippen LogP) is 3.95. The topological polar surface area (TPSA) is 102 Å². The summed E-state index contributed by atoms with van der Waals surface area (Å²) in [6, 6.07) is 16.3. The summed E-state index contributed by atoms with van der Waals surface area (Å²) in [6.45, 7) is 0. The number of rotatable bonds is 7. The van der Waals surface area contributed by atoms with Gasteiger partial charge in [0.05, 0.1) is 17.7 Å². The first-order valence-electron chi connectivity index (χ1n) is 9.64. The highest BCUT2D eigenvalue weighted by Crippen LogP contribution is 2.30. The van der Waals surface area contributed by atoms with E-state index < -0.39 is 0 Å². The minimum Gasteiger partial charge on any atom is -0.438 e. The Morgan fingerprint density at radius 1 is 0.935 bits per heavy atom. The Morgan fingerprint density at radius 3 is 2.52 bits per heavy atom. The maximum absolute atomic E-state index is 12.2. The molecule has 0 bridgehead atoms. The molecular formula is C23H20N6O2. The zero-order valence-corrected chi connectivity index (χ0v) is 16.8. The summed E-state index contributed by atoms with van der Waals surface area (Å²) in [5.41, 5.74) is 3.04. The molecule has 0 aliphatic rings. The Bertz CT molecular complexity index is 1170. The fourth-order valence-electron chi connectivity index (χ4n) is 2.91. The quantitative estimate of drug-likeness (QED) is 0.474. The SMILES string of the molecule is CNc1nccc(-c2cccnc2Oc2ccc(CC(=O)Nc3ccncc3)cc2)n1. The third-order valence-electron chi connectivity index (χ3n) is 4.39. The number of ether oxygens (including phenoxy) is 1. The van der Waals surface area contributed by atoms with E-state index in [1.807, 2.05) is 36.4 Å². The van der Waals surface area contributed by atoms with E-state index in [0.717, 1.165) is 11.1 Å². The van der Waals surface area contributed by atoms with Gasteiger partial charge in [0.25, 0.3) is 0 Å². The fourth-order valence-corrected chi connectivity index (χ4v) is 2.91. The van der Waals surface area contributed by atoms with E-state index >= 15 is 0 Å². The Labute approximate surface area is 179 Å². The molecule has 0 atom stereocenters. The maximum Gasteiger partial charge on any atom is 0.228 e. The number of carbonyl (C=O) groups is 1. The summed E-state index contributed by atoms with van der Waals surface area (Å²) in [4.78, 5) is 29.1. The van der Waals surface area contributed by atoms with Crippen molar-refractivity contribution in [2.75, 3.05) is 17.7 Å². The monoisotopic (exact) mass is 412 g/mol. The number of hydrogen-bond acceptors (Lipinski definition) is 7. The van der Waals surface area contributed by atoms with Crippen LogP contribution in [0.25, 0.3) is 11.3 Å². The summed E-state index contributed by atoms with van der Waals surface area (Å²) in [6.07, 6.45) is 6.86. The molecule has 0 fully saturated rings. The third-order valence-corrected chi connectivity index (χ3v) is 4.39. The first-order valence-corrected chi connectivity index (χ1v) is 9.64. The van der Waals surface area contributed by atoms with E-state index in [1.54, 1.807) is 50.0 Å². The molecule has 0 aliphatic heterocycles. The van der Waals surface area contributed by atoms with Crippen molar-refractivity contribution in [2.24, 2.45) is 0 Å². The minimum atomic E-state index is -0.101. The molecular weight excluding hydrogens is 392 g/mol. The normalized spacial score (nSPS) is 10.4. The first kappa shape index (κ1) is 20.0. The van der Waals surface area contributed by atoms with Crippen LogP contribution in [0, 0.1) is 0 Å². The van der Waals surface area contributed by atoms with Gasteiger partial charge in [0.15, 0.2) is 0 Å². The van der Waals surface area contributed by atoms with Crippen LogP contribution in [0.1, 0.15) is 5.56 Å². The Morgan fingerprint density at radius 2 is 1.74 bits per heavy atom. The second-order valence-corrected chi connectivity index (χ2v) is 6.58. The summed E-state index contributed by atoms with van der Waals surface area (Å²) >= 11 is 0. The van der Waals surface area contributed by atoms with Crippen molar-refractivity contribution < 1.29 is 9.53 Å². The molecule has 0 saturated carbocycles. The second kappa shape index (κ2) is 9.45. The van der Waals surface area contributed by atoms with E-state index in [1.165, 1.54) is 0 Å². The van der Waals surface area contributed by atoms with Crippen molar-refractivity contribution in [2.45, 2.75) is 6.42 Å². The smallest absolute Gasteiger partial charge is 0.228 e. The minimum absolute atomic E-state index is 0.101. The number of aromatic nitrogens is 4. The number of benzene rings is 1. The maximum atomic E-state index is 12.2. The van der Waals surface area contributed by atoms with Crippen molar-refractivity contribution in [3.63, 3.8) is 0 Å². The standard InChI is InChI=1S/C23H20N6O2/c1-24-23-27-14-10-20(29-23)19-3-2-11-26-22(19)31-18-6-4-16(5-7-18)15-21(30)28-17-8-12-25-13-9-17/h2-14H,15H2,1H3,(H,24,27,29)(H,25,28,30). The van der Waals surface area contributed by atoms with Gasteiger partial charge in [-0.25, -0.2) is 15.0 Å². The number of pyridine rings is 2. The molecule has 4 aromatic rings. The molecule has 0 saturated heterocycles. The highest BCUT2D eigenvalue weighted by atomic mass is 16.5. The van der Waals surface area contributed by atoms with Gasteiger partial charge in [-0.3, -0.25) is 9.78 Å². The second-order valence-electron chi connectivity index (χ2n) is 6.58. The number of amides is 1. The predicted molar refractivity (Wildman–Crippen MR) is 118 cm³/mol. The molecule has 2 N–H and O–H groups in total. The van der Waals surface area contributed by atoms with Crippen molar-refractivity contribution in [1.82, 2.24) is 19.9 Å². The zero-order valence-electron chi connectivity index (χ0n) is 16.8. The van der Waals surface area contributed by atoms with Crippen LogP contribution in [0.3, 0.4) is 0 Å². The van der Waals surface area contributed by atoms with E-state index in [2.05, 4.69) is 30.6 Å². The molecule has 31 heavy (non-hydrogen) atoms. The van der Waals surface area contributed by atoms with Gasteiger partial charge in [-0.15, -0.1) is 0 Å². The van der Waals surface area contributed by atoms with Crippen LogP contribution < -0.4 is 15.4 Å². The highest BCUT2D eigenvalue weighted by Gasteiger charge is 2.11. The molecule has 1 aromatic carbocycles. The molecule has 0 spiro atoms. The Hall–Kier alpha value is -4.33. The van der Waals surface area contributed by atoms with Crippen molar-refractivity contribution in [3.8, 4) is 22.9 Å². The van der Waals surface area contributed by atoms with E-state index in [4.69, 9.17) is 4.74 Å². The van der Waals surface area contributed by atoms with Crippen LogP contribution in [0.5, 0.6) is 11.6 Å². The molecule has 0 unspecified atom stereocenters. The van der Waals surface area contributed by atoms with Gasteiger partial charge in [-0.2, -0.15) is 0 Å². The van der Waals surface area contributed by atoms with Crippen molar-refractivity contribution in [3.05, 3.63) is 84.9 Å². The lowest BCUT2D eigenvalue weighted by Crippen LogP contribution is -2.14. The Kier molecular flexibility index (Phi) is 6.08.